The Kier molecular flexibility index (Phi) is 6.98. The lowest BCUT2D eigenvalue weighted by molar-refractivity contribution is 0.348. The lowest BCUT2D eigenvalue weighted by Gasteiger charge is -2.14. The maximum absolute atomic E-state index is 4.63. The molecular weight excluding hydrogens is 224 g/mol. The minimum absolute atomic E-state index is 0.546. The molecule has 18 heavy (non-hydrogen) atoms. The van der Waals surface area contributed by atoms with Crippen LogP contribution in [0.1, 0.15) is 45.3 Å². The van der Waals surface area contributed by atoms with Crippen LogP contribution in [-0.4, -0.2) is 41.4 Å². The van der Waals surface area contributed by atoms with Crippen molar-refractivity contribution < 1.29 is 0 Å². The second kappa shape index (κ2) is 8.27. The van der Waals surface area contributed by atoms with E-state index in [1.807, 2.05) is 0 Å². The van der Waals surface area contributed by atoms with E-state index in [4.69, 9.17) is 0 Å². The highest BCUT2D eigenvalue weighted by Crippen LogP contribution is 2.14. The molecule has 1 rings (SSSR count). The van der Waals surface area contributed by atoms with Gasteiger partial charge in [0.2, 0.25) is 0 Å². The molecule has 0 saturated heterocycles. The van der Waals surface area contributed by atoms with Gasteiger partial charge in [-0.05, 0) is 32.5 Å². The van der Waals surface area contributed by atoms with Gasteiger partial charge in [0.05, 0.1) is 11.7 Å². The third-order valence-corrected chi connectivity index (χ3v) is 3.50. The topological polar surface area (TPSA) is 33.1 Å². The highest BCUT2D eigenvalue weighted by atomic mass is 15.3. The van der Waals surface area contributed by atoms with E-state index in [0.717, 1.165) is 44.7 Å². The Bertz CT molecular complexity index is 317. The SMILES string of the molecule is CCC(CC)n1ccc(CNCCN(C)CC)n1. The molecule has 4 nitrogen and oxygen atoms in total. The van der Waals surface area contributed by atoms with E-state index in [1.165, 1.54) is 0 Å². The molecular formula is C14H28N4. The predicted octanol–water partition coefficient (Wildman–Crippen LogP) is 2.29. The molecule has 1 aromatic heterocycles. The number of rotatable bonds is 9. The number of hydrogen-bond donors (Lipinski definition) is 1. The quantitative estimate of drug-likeness (QED) is 0.685. The number of likely N-dealkylation sites (N-methyl/N-ethyl adjacent to an activating group) is 1. The average Bonchev–Trinajstić information content (AvgIpc) is 2.84. The van der Waals surface area contributed by atoms with Crippen molar-refractivity contribution in [2.24, 2.45) is 0 Å². The Morgan fingerprint density at radius 3 is 2.67 bits per heavy atom. The van der Waals surface area contributed by atoms with Gasteiger partial charge in [-0.15, -0.1) is 0 Å². The smallest absolute Gasteiger partial charge is 0.0762 e. The molecule has 1 heterocycles. The summed E-state index contributed by atoms with van der Waals surface area (Å²) in [4.78, 5) is 2.30. The molecule has 0 aliphatic rings. The number of aromatic nitrogens is 2. The zero-order valence-corrected chi connectivity index (χ0v) is 12.3. The van der Waals surface area contributed by atoms with E-state index in [1.54, 1.807) is 0 Å². The van der Waals surface area contributed by atoms with Gasteiger partial charge in [-0.2, -0.15) is 5.10 Å². The van der Waals surface area contributed by atoms with E-state index in [2.05, 4.69) is 60.1 Å². The summed E-state index contributed by atoms with van der Waals surface area (Å²) in [6, 6.07) is 2.67. The summed E-state index contributed by atoms with van der Waals surface area (Å²) in [5.41, 5.74) is 1.14. The minimum atomic E-state index is 0.546. The van der Waals surface area contributed by atoms with E-state index in [9.17, 15) is 0 Å². The monoisotopic (exact) mass is 252 g/mol. The van der Waals surface area contributed by atoms with Crippen LogP contribution in [0.3, 0.4) is 0 Å². The molecule has 0 bridgehead atoms. The van der Waals surface area contributed by atoms with Gasteiger partial charge in [0.25, 0.3) is 0 Å². The zero-order chi connectivity index (χ0) is 13.4. The summed E-state index contributed by atoms with van der Waals surface area (Å²) < 4.78 is 2.11. The Hall–Kier alpha value is -0.870. The van der Waals surface area contributed by atoms with Gasteiger partial charge in [-0.1, -0.05) is 20.8 Å². The maximum Gasteiger partial charge on any atom is 0.0762 e. The first kappa shape index (κ1) is 15.2. The van der Waals surface area contributed by atoms with Gasteiger partial charge in [-0.3, -0.25) is 4.68 Å². The van der Waals surface area contributed by atoms with Gasteiger partial charge in [0.1, 0.15) is 0 Å². The predicted molar refractivity (Wildman–Crippen MR) is 76.7 cm³/mol. The lowest BCUT2D eigenvalue weighted by atomic mass is 10.2. The highest BCUT2D eigenvalue weighted by molar-refractivity contribution is 4.99. The number of nitrogens with zero attached hydrogens (tertiary/aromatic N) is 3. The van der Waals surface area contributed by atoms with Crippen molar-refractivity contribution in [1.82, 2.24) is 20.0 Å². The highest BCUT2D eigenvalue weighted by Gasteiger charge is 2.07. The Morgan fingerprint density at radius 2 is 2.06 bits per heavy atom. The number of hydrogen-bond acceptors (Lipinski definition) is 3. The first-order chi connectivity index (χ1) is 8.71. The minimum Gasteiger partial charge on any atom is -0.310 e. The third-order valence-electron chi connectivity index (χ3n) is 3.50. The van der Waals surface area contributed by atoms with Crippen molar-refractivity contribution in [3.8, 4) is 0 Å². The van der Waals surface area contributed by atoms with Crippen molar-refractivity contribution in [2.45, 2.75) is 46.2 Å². The Morgan fingerprint density at radius 1 is 1.33 bits per heavy atom. The molecule has 0 radical (unpaired) electrons. The van der Waals surface area contributed by atoms with Crippen LogP contribution in [0.5, 0.6) is 0 Å². The molecule has 1 aromatic rings. The van der Waals surface area contributed by atoms with Crippen molar-refractivity contribution in [2.75, 3.05) is 26.7 Å². The summed E-state index contributed by atoms with van der Waals surface area (Å²) in [6.07, 6.45) is 4.39. The van der Waals surface area contributed by atoms with Crippen LogP contribution in [0.4, 0.5) is 0 Å². The van der Waals surface area contributed by atoms with E-state index in [0.29, 0.717) is 6.04 Å². The van der Waals surface area contributed by atoms with Gasteiger partial charge in [0.15, 0.2) is 0 Å². The molecule has 0 aliphatic heterocycles. The van der Waals surface area contributed by atoms with E-state index < -0.39 is 0 Å². The van der Waals surface area contributed by atoms with Crippen LogP contribution in [0.15, 0.2) is 12.3 Å². The van der Waals surface area contributed by atoms with Crippen molar-refractivity contribution in [3.63, 3.8) is 0 Å². The third kappa shape index (κ3) is 4.78. The van der Waals surface area contributed by atoms with E-state index >= 15 is 0 Å². The summed E-state index contributed by atoms with van der Waals surface area (Å²) in [6.45, 7) is 10.7. The molecule has 1 N–H and O–H groups in total. The Balaban J connectivity index is 2.31. The molecule has 4 heteroatoms. The molecule has 0 fully saturated rings. The molecule has 0 aromatic carbocycles. The normalized spacial score (nSPS) is 11.7. The lowest BCUT2D eigenvalue weighted by Crippen LogP contribution is -2.28. The standard InChI is InChI=1S/C14H28N4/c1-5-14(6-2)18-10-8-13(16-18)12-15-9-11-17(4)7-3/h8,10,14-15H,5-7,9,11-12H2,1-4H3. The molecule has 0 atom stereocenters. The van der Waals surface area contributed by atoms with Gasteiger partial charge >= 0.3 is 0 Å². The van der Waals surface area contributed by atoms with Crippen LogP contribution in [0.2, 0.25) is 0 Å². The fourth-order valence-corrected chi connectivity index (χ4v) is 1.98. The van der Waals surface area contributed by atoms with Crippen LogP contribution in [0, 0.1) is 0 Å². The molecule has 0 aliphatic carbocycles. The van der Waals surface area contributed by atoms with Gasteiger partial charge in [0, 0.05) is 25.8 Å². The summed E-state index contributed by atoms with van der Waals surface area (Å²) in [5.74, 6) is 0. The summed E-state index contributed by atoms with van der Waals surface area (Å²) >= 11 is 0. The van der Waals surface area contributed by atoms with E-state index in [-0.39, 0.29) is 0 Å². The van der Waals surface area contributed by atoms with Crippen molar-refractivity contribution in [1.29, 1.82) is 0 Å². The zero-order valence-electron chi connectivity index (χ0n) is 12.3. The van der Waals surface area contributed by atoms with Crippen LogP contribution in [0.25, 0.3) is 0 Å². The molecule has 0 amide bonds. The molecule has 0 saturated carbocycles. The van der Waals surface area contributed by atoms with Gasteiger partial charge < -0.3 is 10.2 Å². The molecule has 0 spiro atoms. The first-order valence-corrected chi connectivity index (χ1v) is 7.14. The van der Waals surface area contributed by atoms with Crippen LogP contribution >= 0.6 is 0 Å². The van der Waals surface area contributed by atoms with Crippen molar-refractivity contribution >= 4 is 0 Å². The average molecular weight is 252 g/mol. The second-order valence-corrected chi connectivity index (χ2v) is 4.83. The molecule has 104 valence electrons. The van der Waals surface area contributed by atoms with Crippen LogP contribution < -0.4 is 5.32 Å². The van der Waals surface area contributed by atoms with Crippen molar-refractivity contribution in [3.05, 3.63) is 18.0 Å². The van der Waals surface area contributed by atoms with Gasteiger partial charge in [-0.25, -0.2) is 0 Å². The summed E-state index contributed by atoms with van der Waals surface area (Å²) in [7, 11) is 2.14. The second-order valence-electron chi connectivity index (χ2n) is 4.83. The first-order valence-electron chi connectivity index (χ1n) is 7.14. The maximum atomic E-state index is 4.63. The fraction of sp³-hybridized carbons (Fsp3) is 0.786. The largest absolute Gasteiger partial charge is 0.310 e. The number of nitrogens with one attached hydrogen (secondary N) is 1. The summed E-state index contributed by atoms with van der Waals surface area (Å²) in [5, 5.41) is 8.07. The fourth-order valence-electron chi connectivity index (χ4n) is 1.98. The Labute approximate surface area is 111 Å². The molecule has 0 unspecified atom stereocenters. The van der Waals surface area contributed by atoms with Crippen LogP contribution in [-0.2, 0) is 6.54 Å².